The van der Waals surface area contributed by atoms with Crippen LogP contribution in [0, 0.1) is 6.92 Å². The van der Waals surface area contributed by atoms with Gasteiger partial charge in [-0.25, -0.2) is 4.79 Å². The van der Waals surface area contributed by atoms with Crippen molar-refractivity contribution in [1.82, 2.24) is 9.80 Å². The number of likely N-dealkylation sites (N-methyl/N-ethyl adjacent to an activating group) is 2. The number of anilines is 2. The lowest BCUT2D eigenvalue weighted by Gasteiger charge is -2.26. The fourth-order valence-electron chi connectivity index (χ4n) is 5.22. The summed E-state index contributed by atoms with van der Waals surface area (Å²) in [6, 6.07) is 19.3. The molecule has 0 aromatic heterocycles. The van der Waals surface area contributed by atoms with Crippen LogP contribution in [0.2, 0.25) is 0 Å². The van der Waals surface area contributed by atoms with Gasteiger partial charge in [-0.05, 0) is 61.5 Å². The molecule has 0 saturated carbocycles. The summed E-state index contributed by atoms with van der Waals surface area (Å²) in [5.74, 6) is -1.58. The average Bonchev–Trinajstić information content (AvgIpc) is 3.43. The lowest BCUT2D eigenvalue weighted by atomic mass is 9.96. The summed E-state index contributed by atoms with van der Waals surface area (Å²) >= 11 is 0. The number of hydrogen-bond donors (Lipinski definition) is 4. The quantitative estimate of drug-likeness (QED) is 0.363. The van der Waals surface area contributed by atoms with Crippen molar-refractivity contribution in [3.05, 3.63) is 94.5 Å². The van der Waals surface area contributed by atoms with Gasteiger partial charge >= 0.3 is 5.97 Å². The second-order valence-electron chi connectivity index (χ2n) is 10.1. The van der Waals surface area contributed by atoms with Crippen LogP contribution in [0.25, 0.3) is 11.3 Å². The molecule has 3 aromatic rings. The molecule has 39 heavy (non-hydrogen) atoms. The molecule has 2 heterocycles. The number of hydrogen-bond acceptors (Lipinski definition) is 6. The molecule has 0 bridgehead atoms. The number of carbonyl (C=O) groups is 3. The molecule has 9 heteroatoms. The van der Waals surface area contributed by atoms with Crippen molar-refractivity contribution in [3.8, 4) is 0 Å². The summed E-state index contributed by atoms with van der Waals surface area (Å²) < 4.78 is 0. The summed E-state index contributed by atoms with van der Waals surface area (Å²) in [5.41, 5.74) is 4.62. The first-order valence-corrected chi connectivity index (χ1v) is 12.6. The molecule has 0 radical (unpaired) electrons. The van der Waals surface area contributed by atoms with Gasteiger partial charge in [0.25, 0.3) is 11.8 Å². The van der Waals surface area contributed by atoms with Crippen LogP contribution in [0.3, 0.4) is 0 Å². The minimum absolute atomic E-state index is 0.131. The van der Waals surface area contributed by atoms with Crippen LogP contribution in [0.5, 0.6) is 0 Å². The number of amides is 2. The molecule has 9 nitrogen and oxygen atoms in total. The van der Waals surface area contributed by atoms with E-state index in [0.29, 0.717) is 52.4 Å². The van der Waals surface area contributed by atoms with E-state index in [2.05, 4.69) is 10.6 Å². The van der Waals surface area contributed by atoms with Crippen molar-refractivity contribution in [1.29, 1.82) is 0 Å². The standard InChI is InChI=1S/C30H30N4O5/c1-17-13-22-23(14-21(17)30(38)39)32-28(36)26(22)27(18-7-5-4-6-8-18)31-20-11-9-19(10-12-20)29(37)34(3)24-15-33(2)16-25(24)35/h4-14,24-25,31,35H,15-16H2,1-3H3,(H,32,36)(H,38,39)/b27-26+/t24-,25-/m0/s1. The van der Waals surface area contributed by atoms with Crippen molar-refractivity contribution in [3.63, 3.8) is 0 Å². The summed E-state index contributed by atoms with van der Waals surface area (Å²) in [6.45, 7) is 2.83. The van der Waals surface area contributed by atoms with E-state index in [1.807, 2.05) is 42.3 Å². The Morgan fingerprint density at radius 2 is 1.72 bits per heavy atom. The second-order valence-corrected chi connectivity index (χ2v) is 10.1. The number of aliphatic hydroxyl groups excluding tert-OH is 1. The van der Waals surface area contributed by atoms with Gasteiger partial charge in [0.1, 0.15) is 0 Å². The molecule has 200 valence electrons. The molecule has 1 saturated heterocycles. The van der Waals surface area contributed by atoms with Gasteiger partial charge in [-0.15, -0.1) is 0 Å². The summed E-state index contributed by atoms with van der Waals surface area (Å²) in [4.78, 5) is 41.5. The SMILES string of the molecule is Cc1cc2c(cc1C(=O)O)NC(=O)/C2=C(/Nc1ccc(C(=O)N(C)[C@H]2CN(C)C[C@@H]2O)cc1)c1ccccc1. The van der Waals surface area contributed by atoms with E-state index in [9.17, 15) is 24.6 Å². The number of carbonyl (C=O) groups excluding carboxylic acids is 2. The highest BCUT2D eigenvalue weighted by molar-refractivity contribution is 6.37. The van der Waals surface area contributed by atoms with Crippen LogP contribution in [0.15, 0.2) is 66.7 Å². The highest BCUT2D eigenvalue weighted by atomic mass is 16.4. The van der Waals surface area contributed by atoms with Crippen molar-refractivity contribution < 1.29 is 24.6 Å². The lowest BCUT2D eigenvalue weighted by molar-refractivity contribution is -0.110. The Balaban J connectivity index is 1.48. The predicted octanol–water partition coefficient (Wildman–Crippen LogP) is 3.37. The smallest absolute Gasteiger partial charge is 0.336 e. The summed E-state index contributed by atoms with van der Waals surface area (Å²) in [7, 11) is 3.61. The Kier molecular flexibility index (Phi) is 6.94. The van der Waals surface area contributed by atoms with E-state index in [0.717, 1.165) is 5.56 Å². The predicted molar refractivity (Wildman–Crippen MR) is 149 cm³/mol. The Morgan fingerprint density at radius 3 is 2.33 bits per heavy atom. The van der Waals surface area contributed by atoms with E-state index in [1.165, 1.54) is 6.07 Å². The zero-order chi connectivity index (χ0) is 27.8. The second kappa shape index (κ2) is 10.4. The molecule has 3 aromatic carbocycles. The largest absolute Gasteiger partial charge is 0.478 e. The number of carboxylic acid groups (broad SMARTS) is 1. The monoisotopic (exact) mass is 526 g/mol. The van der Waals surface area contributed by atoms with Crippen LogP contribution >= 0.6 is 0 Å². The first kappa shape index (κ1) is 26.1. The Bertz CT molecular complexity index is 1480. The van der Waals surface area contributed by atoms with Crippen LogP contribution in [0.4, 0.5) is 11.4 Å². The number of benzene rings is 3. The van der Waals surface area contributed by atoms with Crippen molar-refractivity contribution >= 4 is 40.4 Å². The van der Waals surface area contributed by atoms with Crippen molar-refractivity contribution in [2.24, 2.45) is 0 Å². The third-order valence-corrected chi connectivity index (χ3v) is 7.31. The minimum Gasteiger partial charge on any atom is -0.478 e. The number of rotatable bonds is 6. The molecular weight excluding hydrogens is 496 g/mol. The fourth-order valence-corrected chi connectivity index (χ4v) is 5.22. The van der Waals surface area contributed by atoms with Gasteiger partial charge in [-0.1, -0.05) is 30.3 Å². The molecular formula is C30H30N4O5. The first-order valence-electron chi connectivity index (χ1n) is 12.6. The van der Waals surface area contributed by atoms with Crippen molar-refractivity contribution in [2.45, 2.75) is 19.1 Å². The van der Waals surface area contributed by atoms with Crippen molar-refractivity contribution in [2.75, 3.05) is 37.8 Å². The number of fused-ring (bicyclic) bond motifs is 1. The van der Waals surface area contributed by atoms with Gasteiger partial charge in [0.15, 0.2) is 0 Å². The maximum atomic E-state index is 13.2. The molecule has 2 amide bonds. The highest BCUT2D eigenvalue weighted by Gasteiger charge is 2.35. The fraction of sp³-hybridized carbons (Fsp3) is 0.233. The highest BCUT2D eigenvalue weighted by Crippen LogP contribution is 2.39. The number of aromatic carboxylic acids is 1. The maximum absolute atomic E-state index is 13.2. The Morgan fingerprint density at radius 1 is 1.03 bits per heavy atom. The van der Waals surface area contributed by atoms with Gasteiger partial charge in [-0.3, -0.25) is 9.59 Å². The van der Waals surface area contributed by atoms with E-state index in [1.54, 1.807) is 49.2 Å². The zero-order valence-electron chi connectivity index (χ0n) is 21.9. The molecule has 5 rings (SSSR count). The van der Waals surface area contributed by atoms with Crippen LogP contribution in [-0.4, -0.2) is 77.1 Å². The number of nitrogens with one attached hydrogen (secondary N) is 2. The number of β-amino-alcohol motifs (C(OH)–C–C–N with tert-alkyl or cyclic N) is 1. The molecule has 2 atom stereocenters. The lowest BCUT2D eigenvalue weighted by Crippen LogP contribution is -2.44. The van der Waals surface area contributed by atoms with Gasteiger partial charge in [-0.2, -0.15) is 0 Å². The van der Waals surface area contributed by atoms with E-state index in [4.69, 9.17) is 0 Å². The van der Waals surface area contributed by atoms with Gasteiger partial charge in [0.2, 0.25) is 0 Å². The summed E-state index contributed by atoms with van der Waals surface area (Å²) in [5, 5.41) is 26.0. The Hall–Kier alpha value is -4.47. The number of aryl methyl sites for hydroxylation is 1. The molecule has 4 N–H and O–H groups in total. The molecule has 2 aliphatic heterocycles. The molecule has 0 spiro atoms. The number of aliphatic hydroxyl groups is 1. The zero-order valence-corrected chi connectivity index (χ0v) is 21.9. The number of carboxylic acids is 1. The topological polar surface area (TPSA) is 122 Å². The summed E-state index contributed by atoms with van der Waals surface area (Å²) in [6.07, 6.45) is -0.597. The van der Waals surface area contributed by atoms with Gasteiger partial charge in [0, 0.05) is 37.0 Å². The molecule has 0 unspecified atom stereocenters. The van der Waals surface area contributed by atoms with Gasteiger partial charge in [0.05, 0.1) is 34.7 Å². The number of likely N-dealkylation sites (tertiary alicyclic amines) is 1. The molecule has 1 fully saturated rings. The first-order chi connectivity index (χ1) is 18.6. The molecule has 2 aliphatic rings. The van der Waals surface area contributed by atoms with Crippen LogP contribution in [0.1, 0.15) is 37.4 Å². The maximum Gasteiger partial charge on any atom is 0.336 e. The minimum atomic E-state index is -1.06. The van der Waals surface area contributed by atoms with E-state index >= 15 is 0 Å². The van der Waals surface area contributed by atoms with Crippen LogP contribution in [-0.2, 0) is 4.79 Å². The van der Waals surface area contributed by atoms with E-state index < -0.39 is 12.1 Å². The normalized spacial score (nSPS) is 19.8. The van der Waals surface area contributed by atoms with Gasteiger partial charge < -0.3 is 30.6 Å². The average molecular weight is 527 g/mol. The number of nitrogens with zero attached hydrogens (tertiary/aromatic N) is 2. The van der Waals surface area contributed by atoms with Crippen LogP contribution < -0.4 is 10.6 Å². The third-order valence-electron chi connectivity index (χ3n) is 7.31. The third kappa shape index (κ3) is 5.01. The van der Waals surface area contributed by atoms with E-state index in [-0.39, 0.29) is 23.4 Å². The Labute approximate surface area is 226 Å². The molecule has 0 aliphatic carbocycles.